The molecule has 2 atom stereocenters. The molecule has 0 amide bonds. The molecule has 0 N–H and O–H groups in total. The van der Waals surface area contributed by atoms with E-state index in [4.69, 9.17) is 0 Å². The Hall–Kier alpha value is 1.31. The predicted molar refractivity (Wildman–Crippen MR) is 33.1 cm³/mol. The number of halogens is 5. The second-order valence-corrected chi connectivity index (χ2v) is 2.89. The zero-order valence-corrected chi connectivity index (χ0v) is 10.4. The number of methoxy groups -OCH3 is 1. The predicted octanol–water partition coefficient (Wildman–Crippen LogP) is -0.880. The molecule has 1 nitrogen and oxygen atoms in total. The van der Waals surface area contributed by atoms with E-state index in [0.29, 0.717) is 0 Å². The van der Waals surface area contributed by atoms with Gasteiger partial charge in [-0.1, -0.05) is 0 Å². The minimum atomic E-state index is -5.43. The molecule has 0 heterocycles. The molecular weight excluding hydrogens is 221 g/mol. The largest absolute Gasteiger partial charge is 1.00 e. The van der Waals surface area contributed by atoms with Crippen molar-refractivity contribution in [3.8, 4) is 0 Å². The summed E-state index contributed by atoms with van der Waals surface area (Å²) in [6, 6.07) is 0. The van der Waals surface area contributed by atoms with E-state index in [-0.39, 0.29) is 51.4 Å². The van der Waals surface area contributed by atoms with Crippen LogP contribution in [0, 0.1) is 5.92 Å². The molecule has 0 aromatic heterocycles. The van der Waals surface area contributed by atoms with Crippen LogP contribution in [0.15, 0.2) is 0 Å². The van der Waals surface area contributed by atoms with E-state index < -0.39 is 31.2 Å². The van der Waals surface area contributed by atoms with E-state index in [1.165, 1.54) is 0 Å². The van der Waals surface area contributed by atoms with Crippen molar-refractivity contribution in [3.05, 3.63) is 0 Å². The summed E-state index contributed by atoms with van der Waals surface area (Å²) in [7, 11) is 1.11. The molecule has 13 heavy (non-hydrogen) atoms. The minimum absolute atomic E-state index is 0. The van der Waals surface area contributed by atoms with E-state index in [1.807, 2.05) is 0 Å². The van der Waals surface area contributed by atoms with Gasteiger partial charge in [0.1, 0.15) is 0 Å². The number of hydrogen-bond acceptors (Lipinski definition) is 1. The number of ether oxygens (including phenoxy) is 1. The molecular formula is C5H7BF5KO. The molecule has 1 rings (SSSR count). The second-order valence-electron chi connectivity index (χ2n) is 2.89. The Balaban J connectivity index is 0.00000144. The summed E-state index contributed by atoms with van der Waals surface area (Å²) in [4.78, 5) is 0. The maximum Gasteiger partial charge on any atom is 1.00 e. The molecule has 0 radical (unpaired) electrons. The van der Waals surface area contributed by atoms with Crippen molar-refractivity contribution in [1.82, 2.24) is 0 Å². The summed E-state index contributed by atoms with van der Waals surface area (Å²) in [5.74, 6) is -7.71. The fraction of sp³-hybridized carbons (Fsp3) is 1.00. The monoisotopic (exact) mass is 228 g/mol. The summed E-state index contributed by atoms with van der Waals surface area (Å²) >= 11 is 0. The smallest absolute Gasteiger partial charge is 0.449 e. The van der Waals surface area contributed by atoms with Crippen molar-refractivity contribution < 1.29 is 77.8 Å². The van der Waals surface area contributed by atoms with Gasteiger partial charge in [-0.15, -0.1) is 0 Å². The van der Waals surface area contributed by atoms with Gasteiger partial charge in [-0.05, 0) is 0 Å². The average molecular weight is 228 g/mol. The topological polar surface area (TPSA) is 9.23 Å². The fourth-order valence-electron chi connectivity index (χ4n) is 1.33. The molecule has 72 valence electrons. The third-order valence-electron chi connectivity index (χ3n) is 2.02. The van der Waals surface area contributed by atoms with Crippen LogP contribution in [-0.4, -0.2) is 26.6 Å². The normalized spacial score (nSPS) is 30.9. The van der Waals surface area contributed by atoms with Gasteiger partial charge in [-0.25, -0.2) is 8.78 Å². The first-order valence-electron chi connectivity index (χ1n) is 3.38. The van der Waals surface area contributed by atoms with Gasteiger partial charge in [0.2, 0.25) is 5.92 Å². The van der Waals surface area contributed by atoms with Crippen molar-refractivity contribution in [2.45, 2.75) is 11.7 Å². The number of rotatable bonds is 3. The van der Waals surface area contributed by atoms with Gasteiger partial charge < -0.3 is 17.7 Å². The maximum atomic E-state index is 12.4. The summed E-state index contributed by atoms with van der Waals surface area (Å²) < 4.78 is 64.5. The van der Waals surface area contributed by atoms with Crippen LogP contribution < -0.4 is 51.4 Å². The van der Waals surface area contributed by atoms with Crippen molar-refractivity contribution in [2.75, 3.05) is 13.7 Å². The molecule has 0 aromatic rings. The molecule has 0 bridgehead atoms. The van der Waals surface area contributed by atoms with Crippen LogP contribution in [0.4, 0.5) is 21.7 Å². The van der Waals surface area contributed by atoms with Crippen LogP contribution in [-0.2, 0) is 4.74 Å². The molecule has 0 aromatic carbocycles. The molecule has 1 aliphatic carbocycles. The Morgan fingerprint density at radius 3 is 2.00 bits per heavy atom. The third-order valence-corrected chi connectivity index (χ3v) is 2.02. The van der Waals surface area contributed by atoms with Crippen molar-refractivity contribution >= 4 is 6.98 Å². The first-order valence-corrected chi connectivity index (χ1v) is 3.38. The molecule has 1 saturated carbocycles. The molecule has 1 aliphatic rings. The van der Waals surface area contributed by atoms with Crippen LogP contribution in [0.3, 0.4) is 0 Å². The van der Waals surface area contributed by atoms with Gasteiger partial charge in [-0.2, -0.15) is 0 Å². The third kappa shape index (κ3) is 2.88. The number of alkyl halides is 2. The zero-order chi connectivity index (χ0) is 9.57. The van der Waals surface area contributed by atoms with Crippen molar-refractivity contribution in [2.24, 2.45) is 5.92 Å². The van der Waals surface area contributed by atoms with Crippen LogP contribution >= 0.6 is 0 Å². The van der Waals surface area contributed by atoms with Crippen molar-refractivity contribution in [1.29, 1.82) is 0 Å². The van der Waals surface area contributed by atoms with Gasteiger partial charge in [0.05, 0.1) is 6.61 Å². The molecule has 0 spiro atoms. The Morgan fingerprint density at radius 1 is 1.31 bits per heavy atom. The molecule has 8 heteroatoms. The Morgan fingerprint density at radius 2 is 1.77 bits per heavy atom. The first-order chi connectivity index (χ1) is 5.31. The van der Waals surface area contributed by atoms with Gasteiger partial charge in [0.15, 0.2) is 0 Å². The van der Waals surface area contributed by atoms with Gasteiger partial charge in [-0.3, -0.25) is 0 Å². The second kappa shape index (κ2) is 4.44. The maximum absolute atomic E-state index is 12.4. The molecule has 0 saturated heterocycles. The van der Waals surface area contributed by atoms with E-state index >= 15 is 0 Å². The summed E-state index contributed by atoms with van der Waals surface area (Å²) in [5, 5.41) is 0. The number of hydrogen-bond donors (Lipinski definition) is 0. The molecule has 0 aliphatic heterocycles. The summed E-state index contributed by atoms with van der Waals surface area (Å²) in [6.45, 7) is -5.96. The summed E-state index contributed by atoms with van der Waals surface area (Å²) in [6.07, 6.45) is 0. The Bertz CT molecular complexity index is 184. The average Bonchev–Trinajstić information content (AvgIpc) is 2.33. The van der Waals surface area contributed by atoms with E-state index in [2.05, 4.69) is 4.74 Å². The quantitative estimate of drug-likeness (QED) is 0.450. The van der Waals surface area contributed by atoms with E-state index in [9.17, 15) is 21.7 Å². The van der Waals surface area contributed by atoms with Crippen LogP contribution in [0.25, 0.3) is 0 Å². The van der Waals surface area contributed by atoms with Crippen LogP contribution in [0.5, 0.6) is 0 Å². The Kier molecular flexibility index (Phi) is 4.89. The standard InChI is InChI=1S/C5H7BF5O.K/c1-12-2-3-4(5(3,7)8)6(9,10)11;/h3-4H,2H2,1H3;/q-1;+1/t3-,4-;/m0./s1. The van der Waals surface area contributed by atoms with Gasteiger partial charge in [0, 0.05) is 18.8 Å². The SMILES string of the molecule is COC[C@H]1[C@H]([B-](F)(F)F)C1(F)F.[K+]. The van der Waals surface area contributed by atoms with Crippen LogP contribution in [0.2, 0.25) is 5.82 Å². The molecule has 0 unspecified atom stereocenters. The molecule has 1 fully saturated rings. The fourth-order valence-corrected chi connectivity index (χ4v) is 1.33. The zero-order valence-electron chi connectivity index (χ0n) is 7.24. The minimum Gasteiger partial charge on any atom is -0.449 e. The van der Waals surface area contributed by atoms with E-state index in [0.717, 1.165) is 7.11 Å². The van der Waals surface area contributed by atoms with Crippen molar-refractivity contribution in [3.63, 3.8) is 0 Å². The summed E-state index contributed by atoms with van der Waals surface area (Å²) in [5.41, 5.74) is 0. The van der Waals surface area contributed by atoms with Gasteiger partial charge >= 0.3 is 58.4 Å². The van der Waals surface area contributed by atoms with Crippen LogP contribution in [0.1, 0.15) is 0 Å². The van der Waals surface area contributed by atoms with E-state index in [1.54, 1.807) is 0 Å². The first kappa shape index (κ1) is 14.3. The Labute approximate surface area is 115 Å². The van der Waals surface area contributed by atoms with Gasteiger partial charge in [0.25, 0.3) is 0 Å².